The molecule has 1 saturated heterocycles. The minimum Gasteiger partial charge on any atom is -0.394 e. The predicted molar refractivity (Wildman–Crippen MR) is 119 cm³/mol. The van der Waals surface area contributed by atoms with Crippen LogP contribution in [-0.2, 0) is 0 Å². The number of rotatable bonds is 3. The lowest BCUT2D eigenvalue weighted by atomic mass is 9.71. The second-order valence-corrected chi connectivity index (χ2v) is 8.14. The van der Waals surface area contributed by atoms with Gasteiger partial charge in [-0.1, -0.05) is 30.3 Å². The van der Waals surface area contributed by atoms with Crippen molar-refractivity contribution in [2.75, 3.05) is 23.4 Å². The summed E-state index contributed by atoms with van der Waals surface area (Å²) in [7, 11) is 0. The SMILES string of the molecule is O=C(Nc1ccccc1F)N1C[C@@H]2[C@H](c3ccccc31)[C@H](CO)N2C(=O)c1ccc(F)cc1. The molecule has 33 heavy (non-hydrogen) atoms. The van der Waals surface area contributed by atoms with E-state index in [1.807, 2.05) is 12.1 Å². The average molecular weight is 449 g/mol. The van der Waals surface area contributed by atoms with E-state index in [-0.39, 0.29) is 36.7 Å². The van der Waals surface area contributed by atoms with E-state index in [0.29, 0.717) is 11.3 Å². The molecule has 0 spiro atoms. The summed E-state index contributed by atoms with van der Waals surface area (Å²) in [5, 5.41) is 12.7. The molecule has 3 amide bonds. The molecule has 0 unspecified atom stereocenters. The van der Waals surface area contributed by atoms with Gasteiger partial charge in [-0.05, 0) is 48.0 Å². The highest BCUT2D eigenvalue weighted by Gasteiger charge is 2.55. The van der Waals surface area contributed by atoms with Gasteiger partial charge in [0, 0.05) is 23.7 Å². The number of nitrogens with zero attached hydrogens (tertiary/aromatic N) is 2. The first-order valence-electron chi connectivity index (χ1n) is 10.6. The molecule has 8 heteroatoms. The standard InChI is InChI=1S/C25H21F2N3O3/c26-16-11-9-15(10-12-16)24(32)30-21-13-29(25(33)28-19-7-3-2-6-18(19)27)20-8-4-1-5-17(20)23(21)22(30)14-31/h1-12,21-23,31H,13-14H2,(H,28,33)/t21-,22+,23+/m1/s1. The number of amides is 3. The second kappa shape index (κ2) is 8.29. The molecular formula is C25H21F2N3O3. The number of likely N-dealkylation sites (tertiary alicyclic amines) is 1. The molecule has 2 aliphatic rings. The minimum absolute atomic E-state index is 0.0585. The fourth-order valence-corrected chi connectivity index (χ4v) is 4.85. The Kier molecular flexibility index (Phi) is 5.30. The number of benzene rings is 3. The molecular weight excluding hydrogens is 428 g/mol. The Hall–Kier alpha value is -3.78. The van der Waals surface area contributed by atoms with Crippen LogP contribution in [0.1, 0.15) is 21.8 Å². The molecule has 3 aromatic rings. The van der Waals surface area contributed by atoms with Crippen LogP contribution in [0, 0.1) is 11.6 Å². The first-order valence-corrected chi connectivity index (χ1v) is 10.6. The Morgan fingerprint density at radius 3 is 2.39 bits per heavy atom. The highest BCUT2D eigenvalue weighted by Crippen LogP contribution is 2.48. The van der Waals surface area contributed by atoms with Gasteiger partial charge in [-0.25, -0.2) is 13.6 Å². The van der Waals surface area contributed by atoms with Crippen molar-refractivity contribution in [3.63, 3.8) is 0 Å². The summed E-state index contributed by atoms with van der Waals surface area (Å²) in [4.78, 5) is 29.4. The van der Waals surface area contributed by atoms with Crippen molar-refractivity contribution in [3.05, 3.63) is 95.6 Å². The second-order valence-electron chi connectivity index (χ2n) is 8.14. The van der Waals surface area contributed by atoms with Gasteiger partial charge in [0.05, 0.1) is 24.4 Å². The Labute approximate surface area is 189 Å². The van der Waals surface area contributed by atoms with Crippen LogP contribution < -0.4 is 10.2 Å². The fourth-order valence-electron chi connectivity index (χ4n) is 4.85. The zero-order valence-corrected chi connectivity index (χ0v) is 17.5. The summed E-state index contributed by atoms with van der Waals surface area (Å²) >= 11 is 0. The molecule has 2 aliphatic heterocycles. The zero-order valence-electron chi connectivity index (χ0n) is 17.5. The normalized spacial score (nSPS) is 21.0. The van der Waals surface area contributed by atoms with Crippen LogP contribution in [0.15, 0.2) is 72.8 Å². The van der Waals surface area contributed by atoms with Crippen LogP contribution in [0.5, 0.6) is 0 Å². The smallest absolute Gasteiger partial charge is 0.326 e. The Balaban J connectivity index is 1.47. The van der Waals surface area contributed by atoms with Crippen LogP contribution >= 0.6 is 0 Å². The van der Waals surface area contributed by atoms with E-state index in [1.165, 1.54) is 47.4 Å². The number of hydrogen-bond acceptors (Lipinski definition) is 3. The van der Waals surface area contributed by atoms with Crippen LogP contribution in [0.4, 0.5) is 25.0 Å². The van der Waals surface area contributed by atoms with Crippen LogP contribution in [0.2, 0.25) is 0 Å². The van der Waals surface area contributed by atoms with Gasteiger partial charge in [0.1, 0.15) is 11.6 Å². The number of nitrogens with one attached hydrogen (secondary N) is 1. The van der Waals surface area contributed by atoms with Gasteiger partial charge in [-0.3, -0.25) is 9.69 Å². The third-order valence-corrected chi connectivity index (χ3v) is 6.37. The summed E-state index contributed by atoms with van der Waals surface area (Å²) in [5.74, 6) is -1.50. The molecule has 0 aliphatic carbocycles. The number of aliphatic hydroxyl groups excluding tert-OH is 1. The third kappa shape index (κ3) is 3.52. The van der Waals surface area contributed by atoms with Gasteiger partial charge in [0.2, 0.25) is 0 Å². The molecule has 6 nitrogen and oxygen atoms in total. The van der Waals surface area contributed by atoms with Gasteiger partial charge in [-0.2, -0.15) is 0 Å². The Morgan fingerprint density at radius 2 is 1.67 bits per heavy atom. The molecule has 0 aromatic heterocycles. The maximum Gasteiger partial charge on any atom is 0.326 e. The van der Waals surface area contributed by atoms with Gasteiger partial charge in [0.15, 0.2) is 0 Å². The number of carbonyl (C=O) groups excluding carboxylic acids is 2. The summed E-state index contributed by atoms with van der Waals surface area (Å²) < 4.78 is 27.4. The van der Waals surface area contributed by atoms with Crippen molar-refractivity contribution in [2.24, 2.45) is 0 Å². The molecule has 3 atom stereocenters. The van der Waals surface area contributed by atoms with Crippen molar-refractivity contribution in [2.45, 2.75) is 18.0 Å². The molecule has 3 aromatic carbocycles. The number of anilines is 2. The number of urea groups is 1. The Bertz CT molecular complexity index is 1220. The fraction of sp³-hybridized carbons (Fsp3) is 0.200. The van der Waals surface area contributed by atoms with Crippen LogP contribution in [0.25, 0.3) is 0 Å². The topological polar surface area (TPSA) is 72.9 Å². The molecule has 0 bridgehead atoms. The number of halogens is 2. The van der Waals surface area contributed by atoms with E-state index in [4.69, 9.17) is 0 Å². The highest BCUT2D eigenvalue weighted by molar-refractivity contribution is 6.03. The summed E-state index contributed by atoms with van der Waals surface area (Å²) in [6.45, 7) is -0.0741. The lowest BCUT2D eigenvalue weighted by Crippen LogP contribution is -2.71. The Morgan fingerprint density at radius 1 is 0.970 bits per heavy atom. The first kappa shape index (κ1) is 21.1. The highest BCUT2D eigenvalue weighted by atomic mass is 19.1. The monoisotopic (exact) mass is 449 g/mol. The molecule has 168 valence electrons. The number of aliphatic hydroxyl groups is 1. The van der Waals surface area contributed by atoms with Gasteiger partial charge in [0.25, 0.3) is 5.91 Å². The zero-order chi connectivity index (χ0) is 23.1. The van der Waals surface area contributed by atoms with Gasteiger partial charge in [-0.15, -0.1) is 0 Å². The van der Waals surface area contributed by atoms with Crippen molar-refractivity contribution >= 4 is 23.3 Å². The maximum atomic E-state index is 14.1. The number of carbonyl (C=O) groups is 2. The summed E-state index contributed by atoms with van der Waals surface area (Å²) in [6.07, 6.45) is 0. The lowest BCUT2D eigenvalue weighted by molar-refractivity contribution is -0.0241. The van der Waals surface area contributed by atoms with Crippen molar-refractivity contribution in [1.82, 2.24) is 4.90 Å². The van der Waals surface area contributed by atoms with E-state index in [9.17, 15) is 23.5 Å². The van der Waals surface area contributed by atoms with Crippen LogP contribution in [0.3, 0.4) is 0 Å². The number of hydrogen-bond donors (Lipinski definition) is 2. The molecule has 0 saturated carbocycles. The number of para-hydroxylation sites is 2. The quantitative estimate of drug-likeness (QED) is 0.635. The van der Waals surface area contributed by atoms with Gasteiger partial charge >= 0.3 is 6.03 Å². The van der Waals surface area contributed by atoms with Crippen molar-refractivity contribution < 1.29 is 23.5 Å². The summed E-state index contributed by atoms with van der Waals surface area (Å²) in [5.41, 5.74) is 1.84. The molecule has 1 fully saturated rings. The van der Waals surface area contributed by atoms with Crippen molar-refractivity contribution in [3.8, 4) is 0 Å². The molecule has 2 heterocycles. The third-order valence-electron chi connectivity index (χ3n) is 6.37. The van der Waals surface area contributed by atoms with Crippen LogP contribution in [-0.4, -0.2) is 47.2 Å². The molecule has 0 radical (unpaired) electrons. The van der Waals surface area contributed by atoms with E-state index in [2.05, 4.69) is 5.32 Å². The van der Waals surface area contributed by atoms with E-state index < -0.39 is 23.7 Å². The van der Waals surface area contributed by atoms with Crippen molar-refractivity contribution in [1.29, 1.82) is 0 Å². The van der Waals surface area contributed by atoms with E-state index in [1.54, 1.807) is 23.1 Å². The first-order chi connectivity index (χ1) is 16.0. The van der Waals surface area contributed by atoms with E-state index >= 15 is 0 Å². The van der Waals surface area contributed by atoms with Gasteiger partial charge < -0.3 is 15.3 Å². The minimum atomic E-state index is -0.550. The number of fused-ring (bicyclic) bond motifs is 3. The lowest BCUT2D eigenvalue weighted by Gasteiger charge is -2.58. The molecule has 2 N–H and O–H groups in total. The van der Waals surface area contributed by atoms with E-state index in [0.717, 1.165) is 5.56 Å². The maximum absolute atomic E-state index is 14.1. The largest absolute Gasteiger partial charge is 0.394 e. The molecule has 5 rings (SSSR count). The summed E-state index contributed by atoms with van der Waals surface area (Å²) in [6, 6.07) is 17.1. The average Bonchev–Trinajstić information content (AvgIpc) is 2.81. The predicted octanol–water partition coefficient (Wildman–Crippen LogP) is 3.99.